The number of urea groups is 1. The zero-order valence-corrected chi connectivity index (χ0v) is 15.6. The molecule has 1 aromatic carbocycles. The first-order chi connectivity index (χ1) is 12.9. The second-order valence-corrected chi connectivity index (χ2v) is 6.75. The summed E-state index contributed by atoms with van der Waals surface area (Å²) in [4.78, 5) is 25.8. The summed E-state index contributed by atoms with van der Waals surface area (Å²) >= 11 is 0. The van der Waals surface area contributed by atoms with Crippen molar-refractivity contribution >= 4 is 17.6 Å². The topological polar surface area (TPSA) is 123 Å². The number of anilines is 1. The van der Waals surface area contributed by atoms with E-state index in [0.29, 0.717) is 18.8 Å². The minimum Gasteiger partial charge on any atom is -0.388 e. The van der Waals surface area contributed by atoms with Gasteiger partial charge in [-0.1, -0.05) is 18.2 Å². The van der Waals surface area contributed by atoms with E-state index in [1.165, 1.54) is 0 Å². The van der Waals surface area contributed by atoms with E-state index in [-0.39, 0.29) is 18.9 Å². The molecule has 0 unspecified atom stereocenters. The molecular formula is C18H28N4O5. The number of aliphatic hydroxyl groups is 2. The van der Waals surface area contributed by atoms with E-state index in [1.807, 2.05) is 25.1 Å². The molecule has 1 aliphatic rings. The van der Waals surface area contributed by atoms with E-state index in [1.54, 1.807) is 24.3 Å². The number of amides is 3. The van der Waals surface area contributed by atoms with Gasteiger partial charge in [0.15, 0.2) is 0 Å². The lowest BCUT2D eigenvalue weighted by Crippen LogP contribution is -2.41. The highest BCUT2D eigenvalue weighted by Gasteiger charge is 2.43. The van der Waals surface area contributed by atoms with Crippen LogP contribution in [0.1, 0.15) is 6.42 Å². The van der Waals surface area contributed by atoms with Gasteiger partial charge in [0.05, 0.1) is 12.5 Å². The van der Waals surface area contributed by atoms with Crippen molar-refractivity contribution in [2.75, 3.05) is 39.0 Å². The Hall–Kier alpha value is -2.20. The van der Waals surface area contributed by atoms with Gasteiger partial charge in [0.2, 0.25) is 5.91 Å². The molecule has 9 nitrogen and oxygen atoms in total. The molecule has 0 aromatic heterocycles. The fourth-order valence-corrected chi connectivity index (χ4v) is 2.73. The Labute approximate surface area is 158 Å². The fraction of sp³-hybridized carbons (Fsp3) is 0.556. The molecule has 1 heterocycles. The third-order valence-electron chi connectivity index (χ3n) is 4.22. The Balaban J connectivity index is 1.75. The van der Waals surface area contributed by atoms with Gasteiger partial charge in [0.25, 0.3) is 0 Å². The van der Waals surface area contributed by atoms with Crippen LogP contribution in [-0.2, 0) is 9.53 Å². The van der Waals surface area contributed by atoms with Crippen molar-refractivity contribution in [3.8, 4) is 0 Å². The van der Waals surface area contributed by atoms with E-state index in [2.05, 4.69) is 16.0 Å². The van der Waals surface area contributed by atoms with Gasteiger partial charge >= 0.3 is 6.03 Å². The van der Waals surface area contributed by atoms with Gasteiger partial charge in [0.1, 0.15) is 18.3 Å². The molecule has 0 bridgehead atoms. The number of benzene rings is 1. The van der Waals surface area contributed by atoms with Crippen molar-refractivity contribution in [3.05, 3.63) is 30.3 Å². The van der Waals surface area contributed by atoms with Gasteiger partial charge in [-0.15, -0.1) is 0 Å². The standard InChI is InChI=1S/C18H28N4O5/c1-22(2)9-8-19-15(23)10-13-16(24)17(25)14(27-13)11-20-18(26)21-12-6-4-3-5-7-12/h3-7,13-14,16-17,24-25H,8-11H2,1-2H3,(H,19,23)(H2,20,21,26)/t13-,14-,16+,17-/m1/s1. The summed E-state index contributed by atoms with van der Waals surface area (Å²) < 4.78 is 5.57. The van der Waals surface area contributed by atoms with Gasteiger partial charge in [-0.25, -0.2) is 4.79 Å². The van der Waals surface area contributed by atoms with E-state index in [0.717, 1.165) is 0 Å². The monoisotopic (exact) mass is 380 g/mol. The van der Waals surface area contributed by atoms with Crippen LogP contribution in [-0.4, -0.2) is 85.2 Å². The molecule has 1 fully saturated rings. The van der Waals surface area contributed by atoms with Crippen LogP contribution in [0.15, 0.2) is 30.3 Å². The number of hydrogen-bond acceptors (Lipinski definition) is 6. The van der Waals surface area contributed by atoms with Crippen molar-refractivity contribution in [2.24, 2.45) is 0 Å². The first-order valence-corrected chi connectivity index (χ1v) is 8.89. The number of likely N-dealkylation sites (N-methyl/N-ethyl adjacent to an activating group) is 1. The molecule has 4 atom stereocenters. The van der Waals surface area contributed by atoms with Crippen LogP contribution in [0.25, 0.3) is 0 Å². The number of hydrogen-bond donors (Lipinski definition) is 5. The SMILES string of the molecule is CN(C)CCNC(=O)C[C@H]1O[C@H](CNC(=O)Nc2ccccc2)[C@@H](O)[C@H]1O. The normalized spacial score (nSPS) is 24.6. The van der Waals surface area contributed by atoms with Gasteiger partial charge < -0.3 is 35.8 Å². The second kappa shape index (κ2) is 10.2. The lowest BCUT2D eigenvalue weighted by atomic mass is 10.1. The summed E-state index contributed by atoms with van der Waals surface area (Å²) in [6, 6.07) is 8.47. The van der Waals surface area contributed by atoms with Gasteiger partial charge in [-0.3, -0.25) is 4.79 Å². The summed E-state index contributed by atoms with van der Waals surface area (Å²) in [5.41, 5.74) is 0.634. The van der Waals surface area contributed by atoms with Crippen molar-refractivity contribution in [1.29, 1.82) is 0 Å². The van der Waals surface area contributed by atoms with E-state index < -0.39 is 30.4 Å². The third-order valence-corrected chi connectivity index (χ3v) is 4.22. The van der Waals surface area contributed by atoms with E-state index >= 15 is 0 Å². The predicted octanol–water partition coefficient (Wildman–Crippen LogP) is -0.635. The van der Waals surface area contributed by atoms with Crippen molar-refractivity contribution in [2.45, 2.75) is 30.8 Å². The molecule has 150 valence electrons. The smallest absolute Gasteiger partial charge is 0.319 e. The average Bonchev–Trinajstić information content (AvgIpc) is 2.88. The van der Waals surface area contributed by atoms with E-state index in [4.69, 9.17) is 4.74 Å². The fourth-order valence-electron chi connectivity index (χ4n) is 2.73. The first-order valence-electron chi connectivity index (χ1n) is 8.89. The maximum absolute atomic E-state index is 11.9. The van der Waals surface area contributed by atoms with Crippen molar-refractivity contribution < 1.29 is 24.5 Å². The predicted molar refractivity (Wildman–Crippen MR) is 100 cm³/mol. The van der Waals surface area contributed by atoms with Crippen LogP contribution in [0.2, 0.25) is 0 Å². The highest BCUT2D eigenvalue weighted by molar-refractivity contribution is 5.89. The van der Waals surface area contributed by atoms with Crippen LogP contribution in [0.4, 0.5) is 10.5 Å². The number of rotatable bonds is 8. The molecule has 0 aliphatic carbocycles. The number of carbonyl (C=O) groups excluding carboxylic acids is 2. The van der Waals surface area contributed by atoms with Crippen LogP contribution >= 0.6 is 0 Å². The third kappa shape index (κ3) is 6.79. The van der Waals surface area contributed by atoms with Crippen molar-refractivity contribution in [3.63, 3.8) is 0 Å². The Bertz CT molecular complexity index is 613. The summed E-state index contributed by atoms with van der Waals surface area (Å²) in [5.74, 6) is -0.261. The molecule has 1 aliphatic heterocycles. The van der Waals surface area contributed by atoms with Crippen LogP contribution in [0, 0.1) is 0 Å². The average molecular weight is 380 g/mol. The number of para-hydroxylation sites is 1. The minimum atomic E-state index is -1.19. The molecule has 27 heavy (non-hydrogen) atoms. The van der Waals surface area contributed by atoms with E-state index in [9.17, 15) is 19.8 Å². The van der Waals surface area contributed by atoms with Crippen LogP contribution < -0.4 is 16.0 Å². The lowest BCUT2D eigenvalue weighted by molar-refractivity contribution is -0.125. The summed E-state index contributed by atoms with van der Waals surface area (Å²) in [7, 11) is 3.80. The largest absolute Gasteiger partial charge is 0.388 e. The number of nitrogens with zero attached hydrogens (tertiary/aromatic N) is 1. The van der Waals surface area contributed by atoms with Gasteiger partial charge in [0, 0.05) is 25.3 Å². The molecule has 5 N–H and O–H groups in total. The summed E-state index contributed by atoms with van der Waals surface area (Å²) in [5, 5.41) is 28.2. The molecule has 9 heteroatoms. The molecule has 0 spiro atoms. The Morgan fingerprint density at radius 1 is 1.07 bits per heavy atom. The van der Waals surface area contributed by atoms with Crippen molar-refractivity contribution in [1.82, 2.24) is 15.5 Å². The molecule has 0 radical (unpaired) electrons. The molecule has 1 aromatic rings. The Morgan fingerprint density at radius 2 is 1.74 bits per heavy atom. The molecule has 3 amide bonds. The van der Waals surface area contributed by atoms with Crippen LogP contribution in [0.5, 0.6) is 0 Å². The number of carbonyl (C=O) groups is 2. The highest BCUT2D eigenvalue weighted by atomic mass is 16.5. The number of ether oxygens (including phenoxy) is 1. The quantitative estimate of drug-likeness (QED) is 0.409. The Kier molecular flexibility index (Phi) is 7.99. The zero-order valence-electron chi connectivity index (χ0n) is 15.6. The zero-order chi connectivity index (χ0) is 19.8. The van der Waals surface area contributed by atoms with Gasteiger partial charge in [-0.2, -0.15) is 0 Å². The number of aliphatic hydroxyl groups excluding tert-OH is 2. The highest BCUT2D eigenvalue weighted by Crippen LogP contribution is 2.23. The van der Waals surface area contributed by atoms with Crippen LogP contribution in [0.3, 0.4) is 0 Å². The Morgan fingerprint density at radius 3 is 2.41 bits per heavy atom. The molecular weight excluding hydrogens is 352 g/mol. The maximum Gasteiger partial charge on any atom is 0.319 e. The first kappa shape index (κ1) is 21.1. The minimum absolute atomic E-state index is 0.00957. The molecule has 0 saturated carbocycles. The second-order valence-electron chi connectivity index (χ2n) is 6.75. The maximum atomic E-state index is 11.9. The van der Waals surface area contributed by atoms with Gasteiger partial charge in [-0.05, 0) is 26.2 Å². The summed E-state index contributed by atoms with van der Waals surface area (Å²) in [6.07, 6.45) is -4.03. The summed E-state index contributed by atoms with van der Waals surface area (Å²) in [6.45, 7) is 1.20. The number of nitrogens with one attached hydrogen (secondary N) is 3. The molecule has 1 saturated heterocycles. The lowest BCUT2D eigenvalue weighted by Gasteiger charge is -2.16. The molecule has 2 rings (SSSR count).